The van der Waals surface area contributed by atoms with Crippen LogP contribution in [0.2, 0.25) is 0 Å². The van der Waals surface area contributed by atoms with Gasteiger partial charge in [-0.25, -0.2) is 0 Å². The van der Waals surface area contributed by atoms with Crippen molar-refractivity contribution in [1.29, 1.82) is 10.5 Å². The molecule has 1 rings (SSSR count). The third-order valence-corrected chi connectivity index (χ3v) is 3.94. The summed E-state index contributed by atoms with van der Waals surface area (Å²) in [5.41, 5.74) is 3.09. The first-order valence-corrected chi connectivity index (χ1v) is 6.32. The Morgan fingerprint density at radius 3 is 2.41 bits per heavy atom. The van der Waals surface area contributed by atoms with Crippen LogP contribution < -0.4 is 5.32 Å². The first-order valence-electron chi connectivity index (χ1n) is 4.73. The van der Waals surface area contributed by atoms with Gasteiger partial charge in [0, 0.05) is 15.1 Å². The molecule has 1 aromatic rings. The summed E-state index contributed by atoms with van der Waals surface area (Å²) < 4.78 is 1.79. The molecule has 0 saturated carbocycles. The normalized spacial score (nSPS) is 9.06. The van der Waals surface area contributed by atoms with Crippen molar-refractivity contribution in [2.24, 2.45) is 0 Å². The zero-order chi connectivity index (χ0) is 13.0. The Hall–Kier alpha value is -1.30. The van der Waals surface area contributed by atoms with Crippen LogP contribution in [0.4, 0.5) is 5.69 Å². The molecule has 0 heterocycles. The molecule has 0 bridgehead atoms. The minimum absolute atomic E-state index is 0.0297. The second-order valence-electron chi connectivity index (χ2n) is 3.42. The molecule has 0 saturated heterocycles. The predicted octanol–water partition coefficient (Wildman–Crippen LogP) is 4.17. The number of anilines is 1. The summed E-state index contributed by atoms with van der Waals surface area (Å²) in [5, 5.41) is 20.2. The molecular formula is C12H9Br2N3. The third kappa shape index (κ3) is 3.09. The van der Waals surface area contributed by atoms with Gasteiger partial charge in [-0.15, -0.1) is 0 Å². The molecule has 0 aromatic heterocycles. The van der Waals surface area contributed by atoms with E-state index in [1.54, 1.807) is 12.1 Å². The predicted molar refractivity (Wildman–Crippen MR) is 74.2 cm³/mol. The summed E-state index contributed by atoms with van der Waals surface area (Å²) in [6.07, 6.45) is 1.39. The van der Waals surface area contributed by atoms with Crippen molar-refractivity contribution >= 4 is 37.5 Å². The fourth-order valence-electron chi connectivity index (χ4n) is 1.20. The van der Waals surface area contributed by atoms with Crippen molar-refractivity contribution in [1.82, 2.24) is 0 Å². The first kappa shape index (κ1) is 13.8. The van der Waals surface area contributed by atoms with Gasteiger partial charge in [-0.1, -0.05) is 0 Å². The second kappa shape index (κ2) is 5.86. The van der Waals surface area contributed by atoms with Gasteiger partial charge in [-0.2, -0.15) is 10.5 Å². The Bertz CT molecular complexity index is 547. The molecule has 0 atom stereocenters. The van der Waals surface area contributed by atoms with Crippen LogP contribution in [0.5, 0.6) is 0 Å². The highest BCUT2D eigenvalue weighted by molar-refractivity contribution is 9.11. The first-order chi connectivity index (χ1) is 8.01. The molecule has 0 amide bonds. The van der Waals surface area contributed by atoms with Gasteiger partial charge >= 0.3 is 0 Å². The number of benzene rings is 1. The molecule has 1 aromatic carbocycles. The summed E-state index contributed by atoms with van der Waals surface area (Å²) in [7, 11) is 0. The summed E-state index contributed by atoms with van der Waals surface area (Å²) in [5.74, 6) is 0. The zero-order valence-electron chi connectivity index (χ0n) is 9.31. The summed E-state index contributed by atoms with van der Waals surface area (Å²) in [6, 6.07) is 5.57. The number of nitriles is 2. The number of rotatable bonds is 2. The van der Waals surface area contributed by atoms with Crippen LogP contribution in [0, 0.1) is 36.5 Å². The molecule has 5 heteroatoms. The van der Waals surface area contributed by atoms with E-state index in [9.17, 15) is 0 Å². The molecule has 0 aliphatic heterocycles. The van der Waals surface area contributed by atoms with E-state index in [0.717, 1.165) is 25.8 Å². The van der Waals surface area contributed by atoms with E-state index in [-0.39, 0.29) is 5.57 Å². The van der Waals surface area contributed by atoms with E-state index < -0.39 is 0 Å². The van der Waals surface area contributed by atoms with Crippen molar-refractivity contribution in [3.63, 3.8) is 0 Å². The highest BCUT2D eigenvalue weighted by Crippen LogP contribution is 2.35. The van der Waals surface area contributed by atoms with E-state index >= 15 is 0 Å². The maximum atomic E-state index is 8.64. The quantitative estimate of drug-likeness (QED) is 0.810. The Labute approximate surface area is 117 Å². The zero-order valence-corrected chi connectivity index (χ0v) is 12.5. The number of halogens is 2. The van der Waals surface area contributed by atoms with E-state index in [1.165, 1.54) is 6.20 Å². The third-order valence-electron chi connectivity index (χ3n) is 2.32. The van der Waals surface area contributed by atoms with Gasteiger partial charge in [-0.05, 0) is 62.9 Å². The lowest BCUT2D eigenvalue weighted by Gasteiger charge is -2.12. The van der Waals surface area contributed by atoms with Crippen molar-refractivity contribution in [3.05, 3.63) is 37.9 Å². The smallest absolute Gasteiger partial charge is 0.145 e. The average molecular weight is 355 g/mol. The molecule has 3 nitrogen and oxygen atoms in total. The van der Waals surface area contributed by atoms with E-state index in [4.69, 9.17) is 10.5 Å². The lowest BCUT2D eigenvalue weighted by atomic mass is 10.1. The maximum absolute atomic E-state index is 8.64. The van der Waals surface area contributed by atoms with Gasteiger partial charge in [0.25, 0.3) is 0 Å². The summed E-state index contributed by atoms with van der Waals surface area (Å²) in [6.45, 7) is 4.01. The van der Waals surface area contributed by atoms with Crippen molar-refractivity contribution < 1.29 is 0 Å². The molecule has 0 unspecified atom stereocenters. The molecule has 0 fully saturated rings. The fourth-order valence-corrected chi connectivity index (χ4v) is 2.77. The van der Waals surface area contributed by atoms with Gasteiger partial charge in [0.2, 0.25) is 0 Å². The number of aryl methyl sites for hydroxylation is 1. The Kier molecular flexibility index (Phi) is 4.74. The number of hydrogen-bond acceptors (Lipinski definition) is 3. The SMILES string of the molecule is Cc1cc(Br)c(NC=C(C#N)C#N)c(Br)c1C. The number of hydrogen-bond donors (Lipinski definition) is 1. The topological polar surface area (TPSA) is 59.6 Å². The molecule has 0 aliphatic rings. The molecule has 0 aliphatic carbocycles. The van der Waals surface area contributed by atoms with Gasteiger partial charge < -0.3 is 5.32 Å². The van der Waals surface area contributed by atoms with Crippen molar-refractivity contribution in [2.45, 2.75) is 13.8 Å². The number of nitrogens with zero attached hydrogens (tertiary/aromatic N) is 2. The highest BCUT2D eigenvalue weighted by Gasteiger charge is 2.09. The van der Waals surface area contributed by atoms with Gasteiger partial charge in [0.05, 0.1) is 5.69 Å². The lowest BCUT2D eigenvalue weighted by molar-refractivity contribution is 1.30. The van der Waals surface area contributed by atoms with Crippen LogP contribution in [-0.4, -0.2) is 0 Å². The van der Waals surface area contributed by atoms with Crippen LogP contribution >= 0.6 is 31.9 Å². The largest absolute Gasteiger partial charge is 0.358 e. The van der Waals surface area contributed by atoms with Crippen LogP contribution in [0.1, 0.15) is 11.1 Å². The van der Waals surface area contributed by atoms with E-state index in [2.05, 4.69) is 37.2 Å². The van der Waals surface area contributed by atoms with Gasteiger partial charge in [-0.3, -0.25) is 0 Å². The monoisotopic (exact) mass is 353 g/mol. The van der Waals surface area contributed by atoms with E-state index in [0.29, 0.717) is 0 Å². The van der Waals surface area contributed by atoms with Crippen molar-refractivity contribution in [3.8, 4) is 12.1 Å². The minimum Gasteiger partial charge on any atom is -0.358 e. The van der Waals surface area contributed by atoms with Crippen LogP contribution in [-0.2, 0) is 0 Å². The molecule has 17 heavy (non-hydrogen) atoms. The summed E-state index contributed by atoms with van der Waals surface area (Å²) in [4.78, 5) is 0. The average Bonchev–Trinajstić information content (AvgIpc) is 2.31. The highest BCUT2D eigenvalue weighted by atomic mass is 79.9. The second-order valence-corrected chi connectivity index (χ2v) is 5.06. The fraction of sp³-hybridized carbons (Fsp3) is 0.167. The van der Waals surface area contributed by atoms with E-state index in [1.807, 2.05) is 19.9 Å². The Balaban J connectivity index is 3.18. The molecule has 0 radical (unpaired) electrons. The van der Waals surface area contributed by atoms with Crippen LogP contribution in [0.3, 0.4) is 0 Å². The lowest BCUT2D eigenvalue weighted by Crippen LogP contribution is -1.96. The molecule has 0 spiro atoms. The standard InChI is InChI=1S/C12H9Br2N3/c1-7-3-10(13)12(11(14)8(7)2)17-6-9(4-15)5-16/h3,6,17H,1-2H3. The van der Waals surface area contributed by atoms with Crippen LogP contribution in [0.15, 0.2) is 26.8 Å². The van der Waals surface area contributed by atoms with Gasteiger partial charge in [0.1, 0.15) is 17.7 Å². The number of nitrogens with one attached hydrogen (secondary N) is 1. The Morgan fingerprint density at radius 1 is 1.29 bits per heavy atom. The molecule has 1 N–H and O–H groups in total. The van der Waals surface area contributed by atoms with Gasteiger partial charge in [0.15, 0.2) is 0 Å². The minimum atomic E-state index is 0.0297. The summed E-state index contributed by atoms with van der Waals surface area (Å²) >= 11 is 6.93. The molecular weight excluding hydrogens is 346 g/mol. The number of allylic oxidation sites excluding steroid dienone is 1. The Morgan fingerprint density at radius 2 is 1.88 bits per heavy atom. The van der Waals surface area contributed by atoms with Crippen LogP contribution in [0.25, 0.3) is 0 Å². The van der Waals surface area contributed by atoms with Crippen molar-refractivity contribution in [2.75, 3.05) is 5.32 Å². The molecule has 86 valence electrons. The maximum Gasteiger partial charge on any atom is 0.145 e.